The number of ether oxygens (including phenoxy) is 2. The molecule has 2 unspecified atom stereocenters. The lowest BCUT2D eigenvalue weighted by Gasteiger charge is -2.11. The van der Waals surface area contributed by atoms with Crippen LogP contribution < -0.4 is 20.1 Å². The summed E-state index contributed by atoms with van der Waals surface area (Å²) in [4.78, 5) is 24.8. The maximum atomic E-state index is 12.5. The molecule has 0 spiro atoms. The first-order valence-electron chi connectivity index (χ1n) is 9.38. The first-order valence-corrected chi connectivity index (χ1v) is 9.38. The molecule has 0 radical (unpaired) electrons. The minimum absolute atomic E-state index is 0.0649. The number of nitrogens with one attached hydrogen (secondary N) is 2. The van der Waals surface area contributed by atoms with Gasteiger partial charge in [-0.05, 0) is 55.2 Å². The zero-order valence-corrected chi connectivity index (χ0v) is 16.5. The van der Waals surface area contributed by atoms with Crippen LogP contribution in [-0.2, 0) is 16.0 Å². The summed E-state index contributed by atoms with van der Waals surface area (Å²) in [6.07, 6.45) is 1.31. The van der Waals surface area contributed by atoms with Crippen molar-refractivity contribution in [2.24, 2.45) is 11.8 Å². The Morgan fingerprint density at radius 3 is 2.39 bits per heavy atom. The van der Waals surface area contributed by atoms with Gasteiger partial charge in [0.05, 0.1) is 31.7 Å². The Balaban J connectivity index is 1.45. The van der Waals surface area contributed by atoms with E-state index in [0.29, 0.717) is 24.4 Å². The van der Waals surface area contributed by atoms with Gasteiger partial charge < -0.3 is 20.1 Å². The lowest BCUT2D eigenvalue weighted by Crippen LogP contribution is -2.29. The lowest BCUT2D eigenvalue weighted by atomic mass is 10.1. The Labute approximate surface area is 165 Å². The number of rotatable bonds is 8. The molecule has 1 fully saturated rings. The topological polar surface area (TPSA) is 76.7 Å². The Hall–Kier alpha value is -3.02. The monoisotopic (exact) mass is 382 g/mol. The molecule has 1 aliphatic carbocycles. The minimum atomic E-state index is -0.286. The fourth-order valence-corrected chi connectivity index (χ4v) is 3.17. The molecule has 0 aliphatic heterocycles. The molecular weight excluding hydrogens is 356 g/mol. The predicted molar refractivity (Wildman–Crippen MR) is 108 cm³/mol. The third-order valence-corrected chi connectivity index (χ3v) is 4.95. The molecular formula is C22H26N2O4. The number of aryl methyl sites for hydroxylation is 1. The van der Waals surface area contributed by atoms with Crippen molar-refractivity contribution in [3.8, 4) is 11.5 Å². The van der Waals surface area contributed by atoms with Crippen molar-refractivity contribution in [2.45, 2.75) is 19.8 Å². The number of carbonyl (C=O) groups excluding carboxylic acids is 2. The summed E-state index contributed by atoms with van der Waals surface area (Å²) in [5.41, 5.74) is 2.79. The summed E-state index contributed by atoms with van der Waals surface area (Å²) in [6, 6.07) is 13.4. The van der Waals surface area contributed by atoms with Gasteiger partial charge in [0.15, 0.2) is 0 Å². The second-order valence-corrected chi connectivity index (χ2v) is 7.03. The molecule has 1 aliphatic rings. The number of hydrogen-bond donors (Lipinski definition) is 2. The summed E-state index contributed by atoms with van der Waals surface area (Å²) in [5, 5.41) is 5.81. The number of amides is 2. The highest BCUT2D eigenvalue weighted by molar-refractivity contribution is 6.00. The minimum Gasteiger partial charge on any atom is -0.497 e. The fourth-order valence-electron chi connectivity index (χ4n) is 3.17. The van der Waals surface area contributed by atoms with Crippen LogP contribution in [0.3, 0.4) is 0 Å². The highest BCUT2D eigenvalue weighted by atomic mass is 16.5. The number of benzene rings is 2. The zero-order chi connectivity index (χ0) is 20.1. The molecule has 2 amide bonds. The van der Waals surface area contributed by atoms with Crippen LogP contribution in [0.5, 0.6) is 11.5 Å². The predicted octanol–water partition coefficient (Wildman–Crippen LogP) is 2.95. The third-order valence-electron chi connectivity index (χ3n) is 4.95. The second-order valence-electron chi connectivity index (χ2n) is 7.03. The van der Waals surface area contributed by atoms with E-state index in [4.69, 9.17) is 9.47 Å². The van der Waals surface area contributed by atoms with Gasteiger partial charge in [0.1, 0.15) is 11.5 Å². The van der Waals surface area contributed by atoms with Crippen molar-refractivity contribution in [2.75, 3.05) is 26.1 Å². The van der Waals surface area contributed by atoms with Crippen LogP contribution in [0.15, 0.2) is 42.5 Å². The maximum Gasteiger partial charge on any atom is 0.228 e. The molecule has 2 aromatic carbocycles. The van der Waals surface area contributed by atoms with Crippen molar-refractivity contribution in [3.05, 3.63) is 53.6 Å². The Bertz CT molecular complexity index is 848. The molecule has 6 nitrogen and oxygen atoms in total. The fraction of sp³-hybridized carbons (Fsp3) is 0.364. The first kappa shape index (κ1) is 19.7. The lowest BCUT2D eigenvalue weighted by molar-refractivity contribution is -0.125. The van der Waals surface area contributed by atoms with E-state index in [9.17, 15) is 9.59 Å². The van der Waals surface area contributed by atoms with E-state index in [-0.39, 0.29) is 23.7 Å². The van der Waals surface area contributed by atoms with Crippen molar-refractivity contribution < 1.29 is 19.1 Å². The van der Waals surface area contributed by atoms with E-state index >= 15 is 0 Å². The van der Waals surface area contributed by atoms with Gasteiger partial charge >= 0.3 is 0 Å². The van der Waals surface area contributed by atoms with Crippen LogP contribution in [0.4, 0.5) is 5.69 Å². The molecule has 148 valence electrons. The van der Waals surface area contributed by atoms with E-state index < -0.39 is 0 Å². The molecule has 2 N–H and O–H groups in total. The van der Waals surface area contributed by atoms with Gasteiger partial charge in [0.2, 0.25) is 11.8 Å². The van der Waals surface area contributed by atoms with Gasteiger partial charge in [0, 0.05) is 6.54 Å². The van der Waals surface area contributed by atoms with Crippen LogP contribution in [0.1, 0.15) is 17.5 Å². The van der Waals surface area contributed by atoms with Crippen molar-refractivity contribution >= 4 is 17.5 Å². The Morgan fingerprint density at radius 2 is 1.71 bits per heavy atom. The second kappa shape index (κ2) is 8.78. The van der Waals surface area contributed by atoms with Crippen LogP contribution in [0, 0.1) is 18.8 Å². The average molecular weight is 382 g/mol. The van der Waals surface area contributed by atoms with E-state index in [2.05, 4.69) is 10.6 Å². The van der Waals surface area contributed by atoms with Gasteiger partial charge in [-0.3, -0.25) is 9.59 Å². The summed E-state index contributed by atoms with van der Waals surface area (Å²) >= 11 is 0. The van der Waals surface area contributed by atoms with Gasteiger partial charge in [-0.25, -0.2) is 0 Å². The standard InChI is InChI=1S/C22H26N2O4/c1-14-4-9-20(28-3)19(12-14)24-22(26)18-13-17(18)21(25)23-11-10-15-5-7-16(27-2)8-6-15/h4-9,12,17-18H,10-11,13H2,1-3H3,(H,23,25)(H,24,26). The average Bonchev–Trinajstić information content (AvgIpc) is 3.50. The smallest absolute Gasteiger partial charge is 0.228 e. The molecule has 0 heterocycles. The van der Waals surface area contributed by atoms with Crippen molar-refractivity contribution in [1.82, 2.24) is 5.32 Å². The summed E-state index contributed by atoms with van der Waals surface area (Å²) in [6.45, 7) is 2.49. The summed E-state index contributed by atoms with van der Waals surface area (Å²) in [7, 11) is 3.20. The van der Waals surface area contributed by atoms with Crippen LogP contribution in [-0.4, -0.2) is 32.6 Å². The molecule has 28 heavy (non-hydrogen) atoms. The molecule has 0 aromatic heterocycles. The van der Waals surface area contributed by atoms with Gasteiger partial charge in [-0.15, -0.1) is 0 Å². The Kier molecular flexibility index (Phi) is 6.19. The van der Waals surface area contributed by atoms with Crippen LogP contribution in [0.2, 0.25) is 0 Å². The Morgan fingerprint density at radius 1 is 1.00 bits per heavy atom. The molecule has 0 bridgehead atoms. The van der Waals surface area contributed by atoms with E-state index in [1.807, 2.05) is 49.4 Å². The zero-order valence-electron chi connectivity index (χ0n) is 16.5. The maximum absolute atomic E-state index is 12.5. The SMILES string of the molecule is COc1ccc(CCNC(=O)C2CC2C(=O)Nc2cc(C)ccc2OC)cc1. The van der Waals surface area contributed by atoms with E-state index in [1.54, 1.807) is 14.2 Å². The normalized spacial score (nSPS) is 17.5. The van der Waals surface area contributed by atoms with Crippen LogP contribution in [0.25, 0.3) is 0 Å². The number of hydrogen-bond acceptors (Lipinski definition) is 4. The number of methoxy groups -OCH3 is 2. The van der Waals surface area contributed by atoms with E-state index in [0.717, 1.165) is 23.3 Å². The van der Waals surface area contributed by atoms with Crippen LogP contribution >= 0.6 is 0 Å². The molecule has 6 heteroatoms. The third kappa shape index (κ3) is 4.82. The number of anilines is 1. The molecule has 1 saturated carbocycles. The molecule has 0 saturated heterocycles. The largest absolute Gasteiger partial charge is 0.497 e. The van der Waals surface area contributed by atoms with Gasteiger partial charge in [-0.2, -0.15) is 0 Å². The number of carbonyl (C=O) groups is 2. The highest BCUT2D eigenvalue weighted by Gasteiger charge is 2.48. The molecule has 2 atom stereocenters. The molecule has 2 aromatic rings. The van der Waals surface area contributed by atoms with Gasteiger partial charge in [0.25, 0.3) is 0 Å². The van der Waals surface area contributed by atoms with E-state index in [1.165, 1.54) is 0 Å². The summed E-state index contributed by atoms with van der Waals surface area (Å²) in [5.74, 6) is 0.673. The summed E-state index contributed by atoms with van der Waals surface area (Å²) < 4.78 is 10.4. The molecule has 3 rings (SSSR count). The highest BCUT2D eigenvalue weighted by Crippen LogP contribution is 2.40. The van der Waals surface area contributed by atoms with Crippen molar-refractivity contribution in [3.63, 3.8) is 0 Å². The van der Waals surface area contributed by atoms with Gasteiger partial charge in [-0.1, -0.05) is 18.2 Å². The van der Waals surface area contributed by atoms with Crippen molar-refractivity contribution in [1.29, 1.82) is 0 Å². The quantitative estimate of drug-likeness (QED) is 0.736. The first-order chi connectivity index (χ1) is 13.5.